The number of hydrogen-bond acceptors (Lipinski definition) is 4. The number of anilines is 1. The molecular weight excluding hydrogens is 391 g/mol. The van der Waals surface area contributed by atoms with Crippen molar-refractivity contribution in [1.29, 1.82) is 0 Å². The van der Waals surface area contributed by atoms with Crippen molar-refractivity contribution in [2.75, 3.05) is 31.1 Å². The van der Waals surface area contributed by atoms with Gasteiger partial charge in [0.15, 0.2) is 0 Å². The molecule has 2 heterocycles. The van der Waals surface area contributed by atoms with Gasteiger partial charge in [-0.15, -0.1) is 0 Å². The van der Waals surface area contributed by atoms with Gasteiger partial charge in [-0.25, -0.2) is 9.37 Å². The molecular formula is C22H24ClFN4O. The van der Waals surface area contributed by atoms with Crippen molar-refractivity contribution in [2.24, 2.45) is 7.05 Å². The second-order valence-corrected chi connectivity index (χ2v) is 7.74. The molecule has 0 spiro atoms. The normalized spacial score (nSPS) is 16.2. The summed E-state index contributed by atoms with van der Waals surface area (Å²) in [6, 6.07) is 12.7. The van der Waals surface area contributed by atoms with E-state index in [-0.39, 0.29) is 5.82 Å². The molecule has 0 amide bonds. The van der Waals surface area contributed by atoms with E-state index < -0.39 is 6.10 Å². The van der Waals surface area contributed by atoms with E-state index in [4.69, 9.17) is 11.6 Å². The lowest BCUT2D eigenvalue weighted by Gasteiger charge is -2.37. The molecule has 1 aromatic heterocycles. The van der Waals surface area contributed by atoms with Crippen LogP contribution in [0.3, 0.4) is 0 Å². The molecule has 2 aromatic carbocycles. The highest BCUT2D eigenvalue weighted by Gasteiger charge is 2.26. The second kappa shape index (κ2) is 8.53. The Balaban J connectivity index is 1.51. The summed E-state index contributed by atoms with van der Waals surface area (Å²) in [4.78, 5) is 8.55. The van der Waals surface area contributed by atoms with E-state index in [1.54, 1.807) is 29.1 Å². The van der Waals surface area contributed by atoms with Crippen molar-refractivity contribution < 1.29 is 9.50 Å². The minimum Gasteiger partial charge on any atom is -0.380 e. The third-order valence-electron chi connectivity index (χ3n) is 5.46. The second-order valence-electron chi connectivity index (χ2n) is 7.33. The van der Waals surface area contributed by atoms with Gasteiger partial charge in [0, 0.05) is 62.8 Å². The first-order chi connectivity index (χ1) is 14.0. The first kappa shape index (κ1) is 19.9. The number of nitrogens with zero attached hydrogens (tertiary/aromatic N) is 4. The fraction of sp³-hybridized carbons (Fsp3) is 0.318. The predicted molar refractivity (Wildman–Crippen MR) is 113 cm³/mol. The number of para-hydroxylation sites is 1. The number of benzene rings is 2. The summed E-state index contributed by atoms with van der Waals surface area (Å²) in [5.74, 6) is 0.171. The van der Waals surface area contributed by atoms with Gasteiger partial charge < -0.3 is 14.6 Å². The molecule has 1 fully saturated rings. The van der Waals surface area contributed by atoms with Crippen molar-refractivity contribution in [3.05, 3.63) is 82.6 Å². The van der Waals surface area contributed by atoms with Crippen molar-refractivity contribution in [3.8, 4) is 0 Å². The molecule has 7 heteroatoms. The fourth-order valence-electron chi connectivity index (χ4n) is 3.86. The summed E-state index contributed by atoms with van der Waals surface area (Å²) in [5.41, 5.74) is 2.10. The van der Waals surface area contributed by atoms with Crippen LogP contribution in [0.15, 0.2) is 54.9 Å². The van der Waals surface area contributed by atoms with E-state index in [0.717, 1.165) is 30.2 Å². The van der Waals surface area contributed by atoms with Crippen LogP contribution in [0.25, 0.3) is 0 Å². The van der Waals surface area contributed by atoms with Gasteiger partial charge >= 0.3 is 0 Å². The molecule has 1 atom stereocenters. The number of aryl methyl sites for hydroxylation is 1. The monoisotopic (exact) mass is 414 g/mol. The number of aromatic nitrogens is 2. The van der Waals surface area contributed by atoms with Gasteiger partial charge in [0.2, 0.25) is 0 Å². The summed E-state index contributed by atoms with van der Waals surface area (Å²) in [6.45, 7) is 3.69. The van der Waals surface area contributed by atoms with Gasteiger partial charge in [0.25, 0.3) is 0 Å². The lowest BCUT2D eigenvalue weighted by molar-refractivity contribution is 0.205. The van der Waals surface area contributed by atoms with E-state index in [1.165, 1.54) is 6.07 Å². The van der Waals surface area contributed by atoms with Gasteiger partial charge in [-0.1, -0.05) is 41.9 Å². The molecule has 0 aliphatic carbocycles. The number of aliphatic hydroxyl groups excluding tert-OH is 1. The van der Waals surface area contributed by atoms with Gasteiger partial charge in [0.05, 0.1) is 5.69 Å². The number of rotatable bonds is 5. The fourth-order valence-corrected chi connectivity index (χ4v) is 4.06. The van der Waals surface area contributed by atoms with E-state index in [2.05, 4.69) is 9.88 Å². The molecule has 0 bridgehead atoms. The molecule has 1 N–H and O–H groups in total. The molecule has 1 saturated heterocycles. The van der Waals surface area contributed by atoms with Crippen LogP contribution in [0.5, 0.6) is 0 Å². The van der Waals surface area contributed by atoms with Crippen molar-refractivity contribution in [2.45, 2.75) is 12.6 Å². The van der Waals surface area contributed by atoms with E-state index in [9.17, 15) is 9.50 Å². The van der Waals surface area contributed by atoms with Crippen molar-refractivity contribution in [1.82, 2.24) is 14.5 Å². The molecule has 4 rings (SSSR count). The zero-order valence-corrected chi connectivity index (χ0v) is 17.1. The van der Waals surface area contributed by atoms with E-state index >= 15 is 0 Å². The first-order valence-electron chi connectivity index (χ1n) is 9.69. The molecule has 1 aliphatic heterocycles. The van der Waals surface area contributed by atoms with Crippen molar-refractivity contribution >= 4 is 17.3 Å². The Kier molecular flexibility index (Phi) is 5.85. The number of piperazine rings is 1. The predicted octanol–water partition coefficient (Wildman–Crippen LogP) is 3.62. The largest absolute Gasteiger partial charge is 0.380 e. The summed E-state index contributed by atoms with van der Waals surface area (Å²) < 4.78 is 16.6. The number of aliphatic hydroxyl groups is 1. The van der Waals surface area contributed by atoms with Gasteiger partial charge in [0.1, 0.15) is 17.7 Å². The number of halogens is 2. The molecule has 0 saturated carbocycles. The lowest BCUT2D eigenvalue weighted by atomic mass is 10.0. The third kappa shape index (κ3) is 4.15. The van der Waals surface area contributed by atoms with Gasteiger partial charge in [-0.2, -0.15) is 0 Å². The summed E-state index contributed by atoms with van der Waals surface area (Å²) in [7, 11) is 1.82. The zero-order chi connectivity index (χ0) is 20.4. The number of imidazole rings is 1. The molecule has 3 aromatic rings. The van der Waals surface area contributed by atoms with E-state index in [0.29, 0.717) is 30.2 Å². The van der Waals surface area contributed by atoms with Crippen molar-refractivity contribution in [3.63, 3.8) is 0 Å². The summed E-state index contributed by atoms with van der Waals surface area (Å²) in [6.07, 6.45) is 2.41. The highest BCUT2D eigenvalue weighted by molar-refractivity contribution is 6.31. The molecule has 1 aliphatic rings. The molecule has 5 nitrogen and oxygen atoms in total. The quantitative estimate of drug-likeness (QED) is 0.692. The van der Waals surface area contributed by atoms with Gasteiger partial charge in [-0.05, 0) is 17.7 Å². The van der Waals surface area contributed by atoms with E-state index in [1.807, 2.05) is 36.2 Å². The average Bonchev–Trinajstić information content (AvgIpc) is 3.16. The Labute approximate surface area is 175 Å². The van der Waals surface area contributed by atoms with Crippen LogP contribution in [0.2, 0.25) is 5.02 Å². The van der Waals surface area contributed by atoms with Crippen LogP contribution >= 0.6 is 11.6 Å². The Hall–Kier alpha value is -2.41. The number of hydrogen-bond donors (Lipinski definition) is 1. The minimum absolute atomic E-state index is 0.324. The maximum Gasteiger partial charge on any atom is 0.146 e. The van der Waals surface area contributed by atoms with Crippen LogP contribution in [-0.4, -0.2) is 45.7 Å². The topological polar surface area (TPSA) is 44.5 Å². The molecule has 152 valence electrons. The maximum absolute atomic E-state index is 14.8. The standard InChI is InChI=1S/C22H24ClFN4O/c1-26-10-9-25-22(26)21(29)17-6-4-8-19(24)20(17)28-13-11-27(12-14-28)15-16-5-2-3-7-18(16)23/h2-10,21,29H,11-15H2,1H3/t21-/m0/s1. The van der Waals surface area contributed by atoms with Crippen LogP contribution in [0, 0.1) is 5.82 Å². The molecule has 0 unspecified atom stereocenters. The Morgan fingerprint density at radius 2 is 1.86 bits per heavy atom. The highest BCUT2D eigenvalue weighted by atomic mass is 35.5. The van der Waals surface area contributed by atoms with Gasteiger partial charge in [-0.3, -0.25) is 4.90 Å². The minimum atomic E-state index is -0.984. The smallest absolute Gasteiger partial charge is 0.146 e. The lowest BCUT2D eigenvalue weighted by Crippen LogP contribution is -2.46. The Bertz CT molecular complexity index is 984. The van der Waals surface area contributed by atoms with Crippen LogP contribution < -0.4 is 4.90 Å². The molecule has 0 radical (unpaired) electrons. The SMILES string of the molecule is Cn1ccnc1[C@@H](O)c1cccc(F)c1N1CCN(Cc2ccccc2Cl)CC1. The Morgan fingerprint density at radius 1 is 1.10 bits per heavy atom. The Morgan fingerprint density at radius 3 is 2.55 bits per heavy atom. The first-order valence-corrected chi connectivity index (χ1v) is 10.1. The van der Waals surface area contributed by atoms with Crippen LogP contribution in [0.1, 0.15) is 23.1 Å². The summed E-state index contributed by atoms with van der Waals surface area (Å²) >= 11 is 6.28. The average molecular weight is 415 g/mol. The molecule has 29 heavy (non-hydrogen) atoms. The third-order valence-corrected chi connectivity index (χ3v) is 5.82. The maximum atomic E-state index is 14.8. The summed E-state index contributed by atoms with van der Waals surface area (Å²) in [5, 5.41) is 11.6. The zero-order valence-electron chi connectivity index (χ0n) is 16.3. The highest BCUT2D eigenvalue weighted by Crippen LogP contribution is 2.33. The van der Waals surface area contributed by atoms with Crippen LogP contribution in [0.4, 0.5) is 10.1 Å². The van der Waals surface area contributed by atoms with Crippen LogP contribution in [-0.2, 0) is 13.6 Å².